The molecule has 2 heteroatoms. The van der Waals surface area contributed by atoms with Gasteiger partial charge in [-0.1, -0.05) is 66.9 Å². The zero-order valence-electron chi connectivity index (χ0n) is 11.5. The molecule has 0 radical (unpaired) electrons. The largest absolute Gasteiger partial charge is 0.363 e. The van der Waals surface area contributed by atoms with E-state index in [1.165, 1.54) is 0 Å². The van der Waals surface area contributed by atoms with E-state index in [-0.39, 0.29) is 0 Å². The maximum absolute atomic E-state index is 5.12. The Hall–Kier alpha value is -2.35. The van der Waals surface area contributed by atoms with Crippen LogP contribution < -0.4 is 0 Å². The fraction of sp³-hybridized carbons (Fsp3) is 0.118. The fourth-order valence-corrected chi connectivity index (χ4v) is 1.67. The Labute approximate surface area is 114 Å². The number of hydrogen-bond donors (Lipinski definition) is 0. The fourth-order valence-electron chi connectivity index (χ4n) is 1.67. The summed E-state index contributed by atoms with van der Waals surface area (Å²) in [6.07, 6.45) is 16.9. The van der Waals surface area contributed by atoms with E-state index in [0.29, 0.717) is 0 Å². The molecule has 0 saturated heterocycles. The van der Waals surface area contributed by atoms with Gasteiger partial charge in [-0.15, -0.1) is 0 Å². The Morgan fingerprint density at radius 3 is 2.53 bits per heavy atom. The topological polar surface area (TPSA) is 26.0 Å². The van der Waals surface area contributed by atoms with Crippen molar-refractivity contribution >= 4 is 11.1 Å². The van der Waals surface area contributed by atoms with Crippen LogP contribution in [0.5, 0.6) is 0 Å². The summed E-state index contributed by atoms with van der Waals surface area (Å²) in [6, 6.07) is 0. The highest BCUT2D eigenvalue weighted by atomic mass is 16.5. The van der Waals surface area contributed by atoms with Crippen molar-refractivity contribution in [3.05, 3.63) is 79.3 Å². The van der Waals surface area contributed by atoms with E-state index in [1.807, 2.05) is 50.3 Å². The van der Waals surface area contributed by atoms with Crippen LogP contribution in [0.15, 0.2) is 72.6 Å². The maximum atomic E-state index is 5.12. The molecule has 0 saturated carbocycles. The number of hydrogen-bond acceptors (Lipinski definition) is 2. The maximum Gasteiger partial charge on any atom is 0.132 e. The van der Waals surface area contributed by atoms with Gasteiger partial charge < -0.3 is 4.52 Å². The summed E-state index contributed by atoms with van der Waals surface area (Å²) in [4.78, 5) is 0. The first kappa shape index (κ1) is 14.7. The Balaban J connectivity index is 3.29. The first-order chi connectivity index (χ1) is 9.28. The minimum atomic E-state index is 0.812. The molecule has 19 heavy (non-hydrogen) atoms. The van der Waals surface area contributed by atoms with Gasteiger partial charge in [0.2, 0.25) is 0 Å². The molecule has 1 heterocycles. The molecule has 0 fully saturated rings. The number of nitrogens with zero attached hydrogens (tertiary/aromatic N) is 1. The third kappa shape index (κ3) is 3.81. The van der Waals surface area contributed by atoms with Crippen LogP contribution in [-0.2, 0) is 0 Å². The lowest BCUT2D eigenvalue weighted by molar-refractivity contribution is 0.417. The lowest BCUT2D eigenvalue weighted by Crippen LogP contribution is -1.88. The smallest absolute Gasteiger partial charge is 0.132 e. The second-order valence-electron chi connectivity index (χ2n) is 3.77. The van der Waals surface area contributed by atoms with Crippen molar-refractivity contribution in [2.75, 3.05) is 0 Å². The van der Waals surface area contributed by atoms with Crippen molar-refractivity contribution in [2.24, 2.45) is 0 Å². The van der Waals surface area contributed by atoms with Crippen molar-refractivity contribution in [3.8, 4) is 0 Å². The number of aromatic nitrogens is 1. The molecule has 0 aromatic carbocycles. The van der Waals surface area contributed by atoms with E-state index in [4.69, 9.17) is 4.52 Å². The van der Waals surface area contributed by atoms with Crippen molar-refractivity contribution in [1.82, 2.24) is 5.16 Å². The van der Waals surface area contributed by atoms with E-state index in [2.05, 4.69) is 18.3 Å². The van der Waals surface area contributed by atoms with E-state index in [1.54, 1.807) is 18.4 Å². The predicted octanol–water partition coefficient (Wildman–Crippen LogP) is 4.97. The first-order valence-electron chi connectivity index (χ1n) is 6.14. The molecule has 0 aliphatic heterocycles. The van der Waals surface area contributed by atoms with Gasteiger partial charge in [0, 0.05) is 11.1 Å². The van der Waals surface area contributed by atoms with Crippen LogP contribution in [-0.4, -0.2) is 5.16 Å². The number of allylic oxidation sites excluding steroid dienone is 10. The minimum Gasteiger partial charge on any atom is -0.363 e. The zero-order valence-corrected chi connectivity index (χ0v) is 11.5. The molecule has 1 aromatic heterocycles. The Morgan fingerprint density at radius 1 is 1.16 bits per heavy atom. The molecule has 0 atom stereocenters. The summed E-state index contributed by atoms with van der Waals surface area (Å²) in [5, 5.41) is 4.09. The van der Waals surface area contributed by atoms with Crippen LogP contribution >= 0.6 is 0 Å². The number of rotatable bonds is 6. The second-order valence-corrected chi connectivity index (χ2v) is 3.77. The summed E-state index contributed by atoms with van der Waals surface area (Å²) in [6.45, 7) is 11.3. The molecular formula is C17H19NO. The van der Waals surface area contributed by atoms with Gasteiger partial charge in [0.1, 0.15) is 12.0 Å². The van der Waals surface area contributed by atoms with Crippen LogP contribution in [0.2, 0.25) is 0 Å². The van der Waals surface area contributed by atoms with Crippen LogP contribution in [0, 0.1) is 0 Å². The Bertz CT molecular complexity index is 554. The summed E-state index contributed by atoms with van der Waals surface area (Å²) in [7, 11) is 0. The monoisotopic (exact) mass is 253 g/mol. The van der Waals surface area contributed by atoms with E-state index >= 15 is 0 Å². The summed E-state index contributed by atoms with van der Waals surface area (Å²) >= 11 is 0. The normalized spacial score (nSPS) is 13.4. The van der Waals surface area contributed by atoms with Crippen LogP contribution in [0.1, 0.15) is 25.1 Å². The van der Waals surface area contributed by atoms with E-state index in [0.717, 1.165) is 22.4 Å². The quantitative estimate of drug-likeness (QED) is 0.669. The van der Waals surface area contributed by atoms with Gasteiger partial charge in [-0.3, -0.25) is 0 Å². The lowest BCUT2D eigenvalue weighted by Gasteiger charge is -2.02. The van der Waals surface area contributed by atoms with Crippen LogP contribution in [0.3, 0.4) is 0 Å². The molecule has 1 rings (SSSR count). The summed E-state index contributed by atoms with van der Waals surface area (Å²) in [5.74, 6) is 0. The molecule has 2 nitrogen and oxygen atoms in total. The van der Waals surface area contributed by atoms with Gasteiger partial charge in [-0.25, -0.2) is 0 Å². The van der Waals surface area contributed by atoms with Crippen molar-refractivity contribution in [1.29, 1.82) is 0 Å². The average molecular weight is 253 g/mol. The molecule has 98 valence electrons. The van der Waals surface area contributed by atoms with Crippen molar-refractivity contribution in [3.63, 3.8) is 0 Å². The van der Waals surface area contributed by atoms with Crippen molar-refractivity contribution < 1.29 is 4.52 Å². The summed E-state index contributed by atoms with van der Waals surface area (Å²) < 4.78 is 5.12. The molecule has 0 aliphatic carbocycles. The van der Waals surface area contributed by atoms with Crippen molar-refractivity contribution in [2.45, 2.75) is 13.8 Å². The Kier molecular flexibility index (Phi) is 6.10. The molecule has 0 amide bonds. The van der Waals surface area contributed by atoms with Gasteiger partial charge in [0.25, 0.3) is 0 Å². The highest BCUT2D eigenvalue weighted by molar-refractivity contribution is 5.85. The molecule has 0 spiro atoms. The molecule has 0 bridgehead atoms. The highest BCUT2D eigenvalue weighted by Gasteiger charge is 2.12. The van der Waals surface area contributed by atoms with Gasteiger partial charge in [0.05, 0.1) is 0 Å². The van der Waals surface area contributed by atoms with Gasteiger partial charge in [0.15, 0.2) is 0 Å². The predicted molar refractivity (Wildman–Crippen MR) is 82.5 cm³/mol. The molecular weight excluding hydrogens is 234 g/mol. The lowest BCUT2D eigenvalue weighted by atomic mass is 10.0. The molecule has 0 aliphatic rings. The third-order valence-corrected chi connectivity index (χ3v) is 2.52. The van der Waals surface area contributed by atoms with E-state index in [9.17, 15) is 0 Å². The average Bonchev–Trinajstić information content (AvgIpc) is 2.89. The SMILES string of the molecule is C=C/C=C\C(=C/C)c1nocc1C(/C=C\C)=C/C=C. The molecule has 1 aromatic rings. The Morgan fingerprint density at radius 2 is 1.95 bits per heavy atom. The first-order valence-corrected chi connectivity index (χ1v) is 6.14. The minimum absolute atomic E-state index is 0.812. The zero-order chi connectivity index (χ0) is 14.1. The van der Waals surface area contributed by atoms with Crippen LogP contribution in [0.25, 0.3) is 11.1 Å². The van der Waals surface area contributed by atoms with Crippen LogP contribution in [0.4, 0.5) is 0 Å². The van der Waals surface area contributed by atoms with Gasteiger partial charge in [-0.2, -0.15) is 0 Å². The molecule has 0 N–H and O–H groups in total. The summed E-state index contributed by atoms with van der Waals surface area (Å²) in [5.41, 5.74) is 3.76. The third-order valence-electron chi connectivity index (χ3n) is 2.52. The van der Waals surface area contributed by atoms with Gasteiger partial charge >= 0.3 is 0 Å². The standard InChI is InChI=1S/C17H19NO/c1-5-9-12-14(8-4)17-16(13-19-18-17)15(10-6-2)11-7-3/h5-13H,1-2H2,3-4H3/b11-7-,12-9-,14-8+,15-10+. The second kappa shape index (κ2) is 7.88. The van der Waals surface area contributed by atoms with E-state index < -0.39 is 0 Å². The molecule has 0 unspecified atom stereocenters. The highest BCUT2D eigenvalue weighted by Crippen LogP contribution is 2.26. The van der Waals surface area contributed by atoms with Gasteiger partial charge in [-0.05, 0) is 19.4 Å².